The molecule has 16 heavy (non-hydrogen) atoms. The van der Waals surface area contributed by atoms with E-state index >= 15 is 0 Å². The highest BCUT2D eigenvalue weighted by Crippen LogP contribution is 2.13. The lowest BCUT2D eigenvalue weighted by Gasteiger charge is -2.22. The van der Waals surface area contributed by atoms with Crippen molar-refractivity contribution in [2.24, 2.45) is 0 Å². The molecule has 1 aliphatic rings. The van der Waals surface area contributed by atoms with Crippen molar-refractivity contribution >= 4 is 11.6 Å². The van der Waals surface area contributed by atoms with Gasteiger partial charge >= 0.3 is 0 Å². The zero-order valence-electron chi connectivity index (χ0n) is 8.61. The number of benzene rings is 1. The van der Waals surface area contributed by atoms with Gasteiger partial charge in [-0.1, -0.05) is 12.1 Å². The van der Waals surface area contributed by atoms with Gasteiger partial charge in [0.05, 0.1) is 25.5 Å². The van der Waals surface area contributed by atoms with E-state index in [0.717, 1.165) is 0 Å². The van der Waals surface area contributed by atoms with Gasteiger partial charge in [0.1, 0.15) is 5.82 Å². The van der Waals surface area contributed by atoms with Gasteiger partial charge in [0, 0.05) is 0 Å². The minimum Gasteiger partial charge on any atom is -0.376 e. The Hall–Kier alpha value is -1.46. The lowest BCUT2D eigenvalue weighted by Crippen LogP contribution is -2.39. The van der Waals surface area contributed by atoms with Crippen LogP contribution in [-0.4, -0.2) is 31.8 Å². The highest BCUT2D eigenvalue weighted by molar-refractivity contribution is 5.94. The minimum atomic E-state index is -0.659. The molecule has 1 aromatic carbocycles. The van der Waals surface area contributed by atoms with Crippen LogP contribution < -0.4 is 5.32 Å². The quantitative estimate of drug-likeness (QED) is 0.822. The molecule has 1 heterocycles. The fourth-order valence-corrected chi connectivity index (χ4v) is 1.41. The summed E-state index contributed by atoms with van der Waals surface area (Å²) in [7, 11) is 0. The Balaban J connectivity index is 1.99. The first kappa shape index (κ1) is 11.0. The molecule has 4 nitrogen and oxygen atoms in total. The third-order valence-electron chi connectivity index (χ3n) is 2.24. The standard InChI is InChI=1S/C11H12FNO3/c12-8-3-1-2-4-9(8)13-11(14)10-7-15-5-6-16-10/h1-4,10H,5-7H2,(H,13,14)/t10-/m1/s1. The highest BCUT2D eigenvalue weighted by atomic mass is 19.1. The van der Waals surface area contributed by atoms with Gasteiger partial charge < -0.3 is 14.8 Å². The van der Waals surface area contributed by atoms with Crippen molar-refractivity contribution in [2.45, 2.75) is 6.10 Å². The average molecular weight is 225 g/mol. The van der Waals surface area contributed by atoms with Crippen LogP contribution in [0.4, 0.5) is 10.1 Å². The number of hydrogen-bond donors (Lipinski definition) is 1. The third kappa shape index (κ3) is 2.56. The summed E-state index contributed by atoms with van der Waals surface area (Å²) >= 11 is 0. The molecule has 2 rings (SSSR count). The molecule has 0 aliphatic carbocycles. The first-order chi connectivity index (χ1) is 7.77. The Morgan fingerprint density at radius 3 is 2.88 bits per heavy atom. The molecule has 1 saturated heterocycles. The van der Waals surface area contributed by atoms with Gasteiger partial charge in [-0.15, -0.1) is 0 Å². The molecule has 0 bridgehead atoms. The summed E-state index contributed by atoms with van der Waals surface area (Å²) in [6, 6.07) is 5.99. The molecule has 0 aromatic heterocycles. The van der Waals surface area contributed by atoms with Crippen molar-refractivity contribution in [3.63, 3.8) is 0 Å². The Bertz CT molecular complexity index is 377. The topological polar surface area (TPSA) is 47.6 Å². The van der Waals surface area contributed by atoms with E-state index in [0.29, 0.717) is 13.2 Å². The maximum Gasteiger partial charge on any atom is 0.255 e. The predicted octanol–water partition coefficient (Wildman–Crippen LogP) is 1.18. The number of hydrogen-bond acceptors (Lipinski definition) is 3. The summed E-state index contributed by atoms with van der Waals surface area (Å²) in [6.45, 7) is 1.08. The Morgan fingerprint density at radius 2 is 2.19 bits per heavy atom. The van der Waals surface area contributed by atoms with Crippen LogP contribution >= 0.6 is 0 Å². The number of halogens is 1. The molecule has 0 saturated carbocycles. The molecule has 1 atom stereocenters. The lowest BCUT2D eigenvalue weighted by atomic mass is 10.2. The zero-order valence-corrected chi connectivity index (χ0v) is 8.61. The predicted molar refractivity (Wildman–Crippen MR) is 55.6 cm³/mol. The van der Waals surface area contributed by atoms with Gasteiger partial charge in [0.2, 0.25) is 0 Å². The van der Waals surface area contributed by atoms with Crippen molar-refractivity contribution in [1.82, 2.24) is 0 Å². The van der Waals surface area contributed by atoms with Crippen LogP contribution in [0.25, 0.3) is 0 Å². The van der Waals surface area contributed by atoms with Crippen molar-refractivity contribution in [1.29, 1.82) is 0 Å². The van der Waals surface area contributed by atoms with Crippen LogP contribution in [0.3, 0.4) is 0 Å². The molecule has 5 heteroatoms. The molecule has 1 N–H and O–H groups in total. The highest BCUT2D eigenvalue weighted by Gasteiger charge is 2.23. The number of rotatable bonds is 2. The normalized spacial score (nSPS) is 20.4. The fourth-order valence-electron chi connectivity index (χ4n) is 1.41. The monoisotopic (exact) mass is 225 g/mol. The first-order valence-corrected chi connectivity index (χ1v) is 5.02. The van der Waals surface area contributed by atoms with E-state index in [9.17, 15) is 9.18 Å². The van der Waals surface area contributed by atoms with Crippen molar-refractivity contribution in [3.05, 3.63) is 30.1 Å². The molecule has 1 aromatic rings. The number of carbonyl (C=O) groups is 1. The maximum atomic E-state index is 13.2. The molecule has 1 amide bonds. The number of ether oxygens (including phenoxy) is 2. The van der Waals surface area contributed by atoms with E-state index in [-0.39, 0.29) is 18.2 Å². The van der Waals surface area contributed by atoms with E-state index in [1.165, 1.54) is 12.1 Å². The second-order valence-corrected chi connectivity index (χ2v) is 3.40. The summed E-state index contributed by atoms with van der Waals surface area (Å²) in [5.41, 5.74) is 0.154. The smallest absolute Gasteiger partial charge is 0.255 e. The largest absolute Gasteiger partial charge is 0.376 e. The Kier molecular flexibility index (Phi) is 3.48. The fraction of sp³-hybridized carbons (Fsp3) is 0.364. The van der Waals surface area contributed by atoms with Crippen LogP contribution in [0, 0.1) is 5.82 Å². The number of para-hydroxylation sites is 1. The van der Waals surface area contributed by atoms with Crippen molar-refractivity contribution in [2.75, 3.05) is 25.1 Å². The second kappa shape index (κ2) is 5.05. The molecule has 1 aliphatic heterocycles. The maximum absolute atomic E-state index is 13.2. The zero-order chi connectivity index (χ0) is 11.4. The van der Waals surface area contributed by atoms with Crippen LogP contribution in [0.1, 0.15) is 0 Å². The molecule has 0 radical (unpaired) electrons. The van der Waals surface area contributed by atoms with Gasteiger partial charge in [-0.25, -0.2) is 4.39 Å². The number of carbonyl (C=O) groups excluding carboxylic acids is 1. The molecule has 86 valence electrons. The summed E-state index contributed by atoms with van der Waals surface area (Å²) in [4.78, 5) is 11.6. The molecule has 1 fully saturated rings. The number of anilines is 1. The first-order valence-electron chi connectivity index (χ1n) is 5.02. The van der Waals surface area contributed by atoms with Crippen LogP contribution in [0.15, 0.2) is 24.3 Å². The van der Waals surface area contributed by atoms with Crippen LogP contribution in [-0.2, 0) is 14.3 Å². The molecular weight excluding hydrogens is 213 g/mol. The SMILES string of the molecule is O=C(Nc1ccccc1F)[C@H]1COCCO1. The van der Waals surface area contributed by atoms with Gasteiger partial charge in [-0.05, 0) is 12.1 Å². The lowest BCUT2D eigenvalue weighted by molar-refractivity contribution is -0.142. The third-order valence-corrected chi connectivity index (χ3v) is 2.24. The summed E-state index contributed by atoms with van der Waals surface area (Å²) in [5, 5.41) is 2.46. The van der Waals surface area contributed by atoms with E-state index in [4.69, 9.17) is 9.47 Å². The number of nitrogens with one attached hydrogen (secondary N) is 1. The van der Waals surface area contributed by atoms with E-state index in [1.54, 1.807) is 12.1 Å². The van der Waals surface area contributed by atoms with E-state index in [2.05, 4.69) is 5.32 Å². The molecule has 0 unspecified atom stereocenters. The summed E-state index contributed by atoms with van der Waals surface area (Å²) < 4.78 is 23.5. The Labute approximate surface area is 92.4 Å². The van der Waals surface area contributed by atoms with Crippen molar-refractivity contribution in [3.8, 4) is 0 Å². The van der Waals surface area contributed by atoms with Gasteiger partial charge in [0.25, 0.3) is 5.91 Å². The summed E-state index contributed by atoms with van der Waals surface area (Å²) in [6.07, 6.45) is -0.659. The molecule has 0 spiro atoms. The van der Waals surface area contributed by atoms with Gasteiger partial charge in [-0.3, -0.25) is 4.79 Å². The number of amides is 1. The van der Waals surface area contributed by atoms with E-state index in [1.807, 2.05) is 0 Å². The summed E-state index contributed by atoms with van der Waals surface area (Å²) in [5.74, 6) is -0.850. The van der Waals surface area contributed by atoms with Gasteiger partial charge in [-0.2, -0.15) is 0 Å². The van der Waals surface area contributed by atoms with E-state index < -0.39 is 11.9 Å². The Morgan fingerprint density at radius 1 is 1.38 bits per heavy atom. The molecular formula is C11H12FNO3. The second-order valence-electron chi connectivity index (χ2n) is 3.40. The van der Waals surface area contributed by atoms with Crippen LogP contribution in [0.2, 0.25) is 0 Å². The van der Waals surface area contributed by atoms with Gasteiger partial charge in [0.15, 0.2) is 6.10 Å². The minimum absolute atomic E-state index is 0.154. The average Bonchev–Trinajstić information content (AvgIpc) is 2.33. The van der Waals surface area contributed by atoms with Crippen LogP contribution in [0.5, 0.6) is 0 Å². The van der Waals surface area contributed by atoms with Crippen molar-refractivity contribution < 1.29 is 18.7 Å².